The molecule has 2 aromatic rings. The minimum absolute atomic E-state index is 0.0712. The van der Waals surface area contributed by atoms with Crippen molar-refractivity contribution in [2.45, 2.75) is 44.3 Å². The fourth-order valence-corrected chi connectivity index (χ4v) is 5.03. The third-order valence-corrected chi connectivity index (χ3v) is 7.45. The SMILES string of the molecule is COC(=O)C[C@@H]1Nc2cc(C(=O)N(C)CC[C@@H]3C=CCCN3C)ccc2CN(CCc2ccccc2)C1=O. The summed E-state index contributed by atoms with van der Waals surface area (Å²) in [7, 11) is 5.25. The normalized spacial score (nSPS) is 19.3. The molecule has 0 fully saturated rings. The van der Waals surface area contributed by atoms with Gasteiger partial charge in [0.1, 0.15) is 6.04 Å². The zero-order chi connectivity index (χ0) is 27.1. The predicted molar refractivity (Wildman–Crippen MR) is 148 cm³/mol. The Kier molecular flexibility index (Phi) is 9.18. The molecule has 2 aliphatic heterocycles. The van der Waals surface area contributed by atoms with Gasteiger partial charge in [-0.25, -0.2) is 0 Å². The predicted octanol–water partition coefficient (Wildman–Crippen LogP) is 3.34. The van der Waals surface area contributed by atoms with Crippen molar-refractivity contribution in [3.05, 3.63) is 77.4 Å². The molecule has 0 saturated heterocycles. The van der Waals surface area contributed by atoms with Crippen molar-refractivity contribution in [2.24, 2.45) is 0 Å². The lowest BCUT2D eigenvalue weighted by molar-refractivity contribution is -0.144. The molecule has 0 unspecified atom stereocenters. The van der Waals surface area contributed by atoms with E-state index in [4.69, 9.17) is 4.74 Å². The minimum atomic E-state index is -0.767. The number of benzene rings is 2. The average Bonchev–Trinajstić information content (AvgIpc) is 3.06. The first-order valence-corrected chi connectivity index (χ1v) is 13.3. The molecule has 38 heavy (non-hydrogen) atoms. The largest absolute Gasteiger partial charge is 0.469 e. The number of fused-ring (bicyclic) bond motifs is 1. The summed E-state index contributed by atoms with van der Waals surface area (Å²) in [6.45, 7) is 2.59. The molecule has 0 saturated carbocycles. The molecule has 2 amide bonds. The van der Waals surface area contributed by atoms with Crippen LogP contribution in [0.1, 0.15) is 40.7 Å². The van der Waals surface area contributed by atoms with Crippen LogP contribution in [-0.4, -0.2) is 85.4 Å². The quantitative estimate of drug-likeness (QED) is 0.405. The van der Waals surface area contributed by atoms with Crippen LogP contribution >= 0.6 is 0 Å². The van der Waals surface area contributed by atoms with Crippen molar-refractivity contribution in [3.63, 3.8) is 0 Å². The Bertz CT molecular complexity index is 1170. The van der Waals surface area contributed by atoms with E-state index in [1.807, 2.05) is 49.5 Å². The van der Waals surface area contributed by atoms with Crippen molar-refractivity contribution in [1.29, 1.82) is 0 Å². The third kappa shape index (κ3) is 6.81. The number of esters is 1. The van der Waals surface area contributed by atoms with Crippen LogP contribution in [0.5, 0.6) is 0 Å². The fourth-order valence-electron chi connectivity index (χ4n) is 5.03. The fraction of sp³-hybridized carbons (Fsp3) is 0.433. The van der Waals surface area contributed by atoms with E-state index in [2.05, 4.69) is 29.4 Å². The summed E-state index contributed by atoms with van der Waals surface area (Å²) in [5.74, 6) is -0.689. The Hall–Kier alpha value is -3.65. The van der Waals surface area contributed by atoms with E-state index in [0.717, 1.165) is 30.5 Å². The number of nitrogens with one attached hydrogen (secondary N) is 1. The summed E-state index contributed by atoms with van der Waals surface area (Å²) in [4.78, 5) is 44.7. The molecule has 2 heterocycles. The van der Waals surface area contributed by atoms with Gasteiger partial charge in [-0.15, -0.1) is 0 Å². The molecular weight excluding hydrogens is 480 g/mol. The summed E-state index contributed by atoms with van der Waals surface area (Å²) in [6, 6.07) is 15.1. The van der Waals surface area contributed by atoms with E-state index in [0.29, 0.717) is 43.3 Å². The maximum absolute atomic E-state index is 13.4. The van der Waals surface area contributed by atoms with Gasteiger partial charge in [-0.05, 0) is 49.6 Å². The average molecular weight is 519 g/mol. The Labute approximate surface area is 225 Å². The number of nitrogens with zero attached hydrogens (tertiary/aromatic N) is 3. The van der Waals surface area contributed by atoms with Crippen molar-refractivity contribution in [2.75, 3.05) is 46.2 Å². The smallest absolute Gasteiger partial charge is 0.308 e. The molecule has 1 N–H and O–H groups in total. The molecule has 0 bridgehead atoms. The van der Waals surface area contributed by atoms with Crippen LogP contribution in [0.25, 0.3) is 0 Å². The molecule has 2 aromatic carbocycles. The summed E-state index contributed by atoms with van der Waals surface area (Å²) in [5, 5.41) is 3.25. The van der Waals surface area contributed by atoms with Gasteiger partial charge in [0.25, 0.3) is 5.91 Å². The van der Waals surface area contributed by atoms with Crippen LogP contribution < -0.4 is 5.32 Å². The monoisotopic (exact) mass is 518 g/mol. The number of carbonyl (C=O) groups is 3. The van der Waals surface area contributed by atoms with Crippen LogP contribution in [-0.2, 0) is 27.3 Å². The molecule has 0 radical (unpaired) electrons. The number of anilines is 1. The van der Waals surface area contributed by atoms with Gasteiger partial charge >= 0.3 is 5.97 Å². The molecule has 8 nitrogen and oxygen atoms in total. The summed E-state index contributed by atoms with van der Waals surface area (Å²) >= 11 is 0. The number of ether oxygens (including phenoxy) is 1. The molecule has 2 aliphatic rings. The van der Waals surface area contributed by atoms with Gasteiger partial charge in [0.2, 0.25) is 5.91 Å². The van der Waals surface area contributed by atoms with Gasteiger partial charge < -0.3 is 19.9 Å². The summed E-state index contributed by atoms with van der Waals surface area (Å²) < 4.78 is 4.85. The first-order chi connectivity index (χ1) is 18.4. The van der Waals surface area contributed by atoms with Gasteiger partial charge in [0.15, 0.2) is 0 Å². The lowest BCUT2D eigenvalue weighted by Crippen LogP contribution is -2.42. The Morgan fingerprint density at radius 3 is 2.68 bits per heavy atom. The second-order valence-electron chi connectivity index (χ2n) is 10.1. The van der Waals surface area contributed by atoms with Crippen molar-refractivity contribution < 1.29 is 19.1 Å². The Morgan fingerprint density at radius 1 is 1.16 bits per heavy atom. The van der Waals surface area contributed by atoms with Crippen LogP contribution in [0.2, 0.25) is 0 Å². The highest BCUT2D eigenvalue weighted by molar-refractivity contribution is 5.96. The number of hydrogen-bond acceptors (Lipinski definition) is 6. The zero-order valence-electron chi connectivity index (χ0n) is 22.6. The van der Waals surface area contributed by atoms with E-state index >= 15 is 0 Å². The van der Waals surface area contributed by atoms with E-state index in [1.165, 1.54) is 7.11 Å². The summed E-state index contributed by atoms with van der Waals surface area (Å²) in [5.41, 5.74) is 3.30. The summed E-state index contributed by atoms with van der Waals surface area (Å²) in [6.07, 6.45) is 6.98. The number of methoxy groups -OCH3 is 1. The van der Waals surface area contributed by atoms with Crippen LogP contribution in [0.3, 0.4) is 0 Å². The van der Waals surface area contributed by atoms with Gasteiger partial charge in [-0.3, -0.25) is 19.3 Å². The highest BCUT2D eigenvalue weighted by Crippen LogP contribution is 2.27. The number of carbonyl (C=O) groups excluding carboxylic acids is 3. The maximum Gasteiger partial charge on any atom is 0.308 e. The third-order valence-electron chi connectivity index (χ3n) is 7.45. The molecule has 2 atom stereocenters. The van der Waals surface area contributed by atoms with Gasteiger partial charge in [-0.1, -0.05) is 48.6 Å². The minimum Gasteiger partial charge on any atom is -0.469 e. The molecule has 0 aliphatic carbocycles. The van der Waals surface area contributed by atoms with E-state index in [1.54, 1.807) is 15.9 Å². The Morgan fingerprint density at radius 2 is 1.95 bits per heavy atom. The first-order valence-electron chi connectivity index (χ1n) is 13.3. The number of likely N-dealkylation sites (N-methyl/N-ethyl adjacent to an activating group) is 1. The lowest BCUT2D eigenvalue weighted by atomic mass is 10.1. The number of hydrogen-bond donors (Lipinski definition) is 1. The second-order valence-corrected chi connectivity index (χ2v) is 10.1. The van der Waals surface area contributed by atoms with Crippen LogP contribution in [0.4, 0.5) is 5.69 Å². The van der Waals surface area contributed by atoms with E-state index < -0.39 is 12.0 Å². The van der Waals surface area contributed by atoms with Gasteiger partial charge in [0, 0.05) is 50.5 Å². The first kappa shape index (κ1) is 27.4. The zero-order valence-corrected chi connectivity index (χ0v) is 22.6. The second kappa shape index (κ2) is 12.7. The van der Waals surface area contributed by atoms with E-state index in [9.17, 15) is 14.4 Å². The highest BCUT2D eigenvalue weighted by Gasteiger charge is 2.31. The highest BCUT2D eigenvalue weighted by atomic mass is 16.5. The molecule has 0 spiro atoms. The number of amides is 2. The van der Waals surface area contributed by atoms with Crippen molar-refractivity contribution >= 4 is 23.5 Å². The maximum atomic E-state index is 13.4. The topological polar surface area (TPSA) is 82.2 Å². The molecule has 4 rings (SSSR count). The van der Waals surface area contributed by atoms with Gasteiger partial charge in [0.05, 0.1) is 13.5 Å². The molecular formula is C30H38N4O4. The van der Waals surface area contributed by atoms with Crippen LogP contribution in [0.15, 0.2) is 60.7 Å². The van der Waals surface area contributed by atoms with Crippen LogP contribution in [0, 0.1) is 0 Å². The van der Waals surface area contributed by atoms with E-state index in [-0.39, 0.29) is 18.2 Å². The van der Waals surface area contributed by atoms with Gasteiger partial charge in [-0.2, -0.15) is 0 Å². The standard InChI is InChI=1S/C30H38N4O4/c1-32-16-8-7-11-25(32)15-17-33(2)29(36)23-12-13-24-21-34(18-14-22-9-5-4-6-10-22)30(37)27(20-28(35)38-3)31-26(24)19-23/h4-7,9-13,19,25,27,31H,8,14-18,20-21H2,1-3H3/t25-,27-/m0/s1. The molecule has 8 heteroatoms. The number of rotatable bonds is 9. The van der Waals surface area contributed by atoms with Crippen molar-refractivity contribution in [3.8, 4) is 0 Å². The van der Waals surface area contributed by atoms with Crippen molar-refractivity contribution in [1.82, 2.24) is 14.7 Å². The Balaban J connectivity index is 1.50. The molecule has 0 aromatic heterocycles. The molecule has 202 valence electrons. The lowest BCUT2D eigenvalue weighted by Gasteiger charge is -2.30.